The number of nitrogens with one attached hydrogen (secondary N) is 2. The lowest BCUT2D eigenvalue weighted by Crippen LogP contribution is -2.43. The Morgan fingerprint density at radius 2 is 1.83 bits per heavy atom. The summed E-state index contributed by atoms with van der Waals surface area (Å²) in [5.41, 5.74) is 6.94. The van der Waals surface area contributed by atoms with Gasteiger partial charge in [0.15, 0.2) is 17.3 Å². The minimum Gasteiger partial charge on any atom is -0.451 e. The summed E-state index contributed by atoms with van der Waals surface area (Å²) in [6, 6.07) is 2.89. The van der Waals surface area contributed by atoms with Crippen molar-refractivity contribution in [1.29, 1.82) is 0 Å². The normalized spacial score (nSPS) is 16.9. The lowest BCUT2D eigenvalue weighted by molar-refractivity contribution is -0.129. The SMILES string of the molecule is Nc1ncnc2c1c(-c1ccc(Oc3c(F)c(F)cc(F)c3F)cc1F)nn2C1CCCN(C(=O)C2=CNCN2)C1. The highest BCUT2D eigenvalue weighted by Crippen LogP contribution is 2.37. The number of carbonyl (C=O) groups is 1. The number of halogens is 5. The number of fused-ring (bicyclic) bond motifs is 1. The van der Waals surface area contributed by atoms with Gasteiger partial charge in [0, 0.05) is 37.0 Å². The van der Waals surface area contributed by atoms with Crippen LogP contribution in [0.5, 0.6) is 11.5 Å². The number of hydrogen-bond donors (Lipinski definition) is 3. The number of likely N-dealkylation sites (tertiary alicyclic amines) is 1. The molecule has 2 aliphatic rings. The topological polar surface area (TPSA) is 123 Å². The Morgan fingerprint density at radius 1 is 1.05 bits per heavy atom. The highest BCUT2D eigenvalue weighted by atomic mass is 19.2. The molecular formula is C26H21F5N8O2. The standard InChI is InChI=1S/C26H21F5N8O2/c27-15-6-13(41-23-20(30)16(28)7-17(29)21(23)31)3-4-14(15)22-19-24(32)35-11-36-25(19)39(37-22)12-2-1-5-38(9-12)26(40)18-8-33-10-34-18/h3-4,6-8,11-12,33-34H,1-2,5,9-10H2,(H2,32,35,36). The van der Waals surface area contributed by atoms with E-state index in [1.807, 2.05) is 0 Å². The molecule has 4 heterocycles. The number of carbonyl (C=O) groups excluding carboxylic acids is 1. The quantitative estimate of drug-likeness (QED) is 0.244. The van der Waals surface area contributed by atoms with Gasteiger partial charge >= 0.3 is 0 Å². The molecule has 2 aliphatic heterocycles. The van der Waals surface area contributed by atoms with Crippen molar-refractivity contribution in [3.05, 3.63) is 71.6 Å². The van der Waals surface area contributed by atoms with E-state index in [2.05, 4.69) is 25.7 Å². The number of nitrogens with zero attached hydrogens (tertiary/aromatic N) is 5. The lowest BCUT2D eigenvalue weighted by atomic mass is 10.1. The average molecular weight is 572 g/mol. The predicted molar refractivity (Wildman–Crippen MR) is 136 cm³/mol. The largest absolute Gasteiger partial charge is 0.451 e. The Bertz CT molecular complexity index is 1700. The fraction of sp³-hybridized carbons (Fsp3) is 0.231. The molecule has 15 heteroatoms. The summed E-state index contributed by atoms with van der Waals surface area (Å²) >= 11 is 0. The number of benzene rings is 2. The van der Waals surface area contributed by atoms with Crippen LogP contribution in [0.25, 0.3) is 22.3 Å². The van der Waals surface area contributed by atoms with Gasteiger partial charge in [-0.25, -0.2) is 27.8 Å². The van der Waals surface area contributed by atoms with Crippen molar-refractivity contribution in [2.45, 2.75) is 18.9 Å². The third kappa shape index (κ3) is 4.62. The number of anilines is 1. The second kappa shape index (κ2) is 10.2. The van der Waals surface area contributed by atoms with E-state index in [1.54, 1.807) is 15.8 Å². The molecule has 10 nitrogen and oxygen atoms in total. The maximum atomic E-state index is 15.4. The van der Waals surface area contributed by atoms with E-state index in [-0.39, 0.29) is 40.5 Å². The van der Waals surface area contributed by atoms with Crippen molar-refractivity contribution in [3.63, 3.8) is 0 Å². The molecule has 0 bridgehead atoms. The number of nitrogen functional groups attached to an aromatic ring is 1. The molecule has 4 aromatic rings. The van der Waals surface area contributed by atoms with Crippen molar-refractivity contribution < 1.29 is 31.5 Å². The van der Waals surface area contributed by atoms with Crippen LogP contribution in [0.1, 0.15) is 18.9 Å². The molecule has 1 amide bonds. The first kappa shape index (κ1) is 26.3. The Hall–Kier alpha value is -4.95. The molecule has 0 spiro atoms. The minimum atomic E-state index is -1.76. The van der Waals surface area contributed by atoms with Gasteiger partial charge in [-0.15, -0.1) is 0 Å². The summed E-state index contributed by atoms with van der Waals surface area (Å²) in [4.78, 5) is 23.0. The van der Waals surface area contributed by atoms with Crippen molar-refractivity contribution in [2.24, 2.45) is 0 Å². The van der Waals surface area contributed by atoms with E-state index < -0.39 is 40.6 Å². The summed E-state index contributed by atoms with van der Waals surface area (Å²) in [6.07, 6.45) is 4.21. The van der Waals surface area contributed by atoms with Crippen molar-refractivity contribution in [2.75, 3.05) is 25.5 Å². The van der Waals surface area contributed by atoms with Crippen LogP contribution < -0.4 is 21.1 Å². The molecule has 6 rings (SSSR count). The van der Waals surface area contributed by atoms with Gasteiger partial charge in [0.2, 0.25) is 17.4 Å². The maximum Gasteiger partial charge on any atom is 0.271 e. The molecule has 4 N–H and O–H groups in total. The van der Waals surface area contributed by atoms with Crippen LogP contribution >= 0.6 is 0 Å². The molecule has 212 valence electrons. The smallest absolute Gasteiger partial charge is 0.271 e. The zero-order valence-corrected chi connectivity index (χ0v) is 21.1. The van der Waals surface area contributed by atoms with Crippen LogP contribution in [0.2, 0.25) is 0 Å². The molecule has 0 saturated carbocycles. The Morgan fingerprint density at radius 3 is 2.54 bits per heavy atom. The molecule has 0 radical (unpaired) electrons. The van der Waals surface area contributed by atoms with Crippen LogP contribution in [0.4, 0.5) is 27.8 Å². The third-order valence-corrected chi connectivity index (χ3v) is 6.89. The van der Waals surface area contributed by atoms with Gasteiger partial charge in [-0.05, 0) is 25.0 Å². The zero-order valence-electron chi connectivity index (χ0n) is 21.1. The van der Waals surface area contributed by atoms with Crippen molar-refractivity contribution in [1.82, 2.24) is 35.3 Å². The van der Waals surface area contributed by atoms with Gasteiger partial charge in [-0.1, -0.05) is 0 Å². The van der Waals surface area contributed by atoms with Gasteiger partial charge in [0.1, 0.15) is 35.1 Å². The first-order valence-electron chi connectivity index (χ1n) is 12.5. The number of hydrogen-bond acceptors (Lipinski definition) is 8. The summed E-state index contributed by atoms with van der Waals surface area (Å²) in [5.74, 6) is -9.70. The van der Waals surface area contributed by atoms with Gasteiger partial charge in [-0.2, -0.15) is 13.9 Å². The summed E-state index contributed by atoms with van der Waals surface area (Å²) < 4.78 is 77.3. The van der Waals surface area contributed by atoms with E-state index in [0.717, 1.165) is 12.1 Å². The molecule has 2 aromatic carbocycles. The Balaban J connectivity index is 1.35. The van der Waals surface area contributed by atoms with Crippen LogP contribution in [0.3, 0.4) is 0 Å². The number of rotatable bonds is 5. The first-order chi connectivity index (χ1) is 19.7. The fourth-order valence-corrected chi connectivity index (χ4v) is 4.95. The summed E-state index contributed by atoms with van der Waals surface area (Å²) in [6.45, 7) is 1.32. The van der Waals surface area contributed by atoms with Crippen molar-refractivity contribution in [3.8, 4) is 22.8 Å². The fourth-order valence-electron chi connectivity index (χ4n) is 4.95. The Kier molecular flexibility index (Phi) is 6.55. The van der Waals surface area contributed by atoms with Crippen LogP contribution in [0.15, 0.2) is 42.5 Å². The highest BCUT2D eigenvalue weighted by Gasteiger charge is 2.31. The molecule has 0 aliphatic carbocycles. The van der Waals surface area contributed by atoms with E-state index in [9.17, 15) is 22.4 Å². The third-order valence-electron chi connectivity index (χ3n) is 6.89. The van der Waals surface area contributed by atoms with Gasteiger partial charge < -0.3 is 26.0 Å². The van der Waals surface area contributed by atoms with E-state index in [1.165, 1.54) is 12.4 Å². The molecule has 1 saturated heterocycles. The Labute approximate surface area is 228 Å². The van der Waals surface area contributed by atoms with Crippen LogP contribution in [-0.2, 0) is 4.79 Å². The molecule has 1 atom stereocenters. The van der Waals surface area contributed by atoms with Gasteiger partial charge in [-0.3, -0.25) is 4.79 Å². The van der Waals surface area contributed by atoms with Gasteiger partial charge in [0.05, 0.1) is 18.1 Å². The molecule has 1 fully saturated rings. The lowest BCUT2D eigenvalue weighted by Gasteiger charge is -2.33. The van der Waals surface area contributed by atoms with E-state index >= 15 is 4.39 Å². The first-order valence-corrected chi connectivity index (χ1v) is 12.5. The number of piperidine rings is 1. The van der Waals surface area contributed by atoms with Crippen LogP contribution in [-0.4, -0.2) is 50.3 Å². The molecule has 41 heavy (non-hydrogen) atoms. The second-order valence-electron chi connectivity index (χ2n) is 9.45. The molecular weight excluding hydrogens is 551 g/mol. The number of amides is 1. The van der Waals surface area contributed by atoms with Crippen molar-refractivity contribution >= 4 is 22.8 Å². The number of ether oxygens (including phenoxy) is 1. The minimum absolute atomic E-state index is 0.0329. The molecule has 2 aromatic heterocycles. The highest BCUT2D eigenvalue weighted by molar-refractivity contribution is 5.98. The zero-order chi connectivity index (χ0) is 28.8. The van der Waals surface area contributed by atoms with E-state index in [0.29, 0.717) is 43.9 Å². The number of aromatic nitrogens is 4. The summed E-state index contributed by atoms with van der Waals surface area (Å²) in [5, 5.41) is 10.8. The summed E-state index contributed by atoms with van der Waals surface area (Å²) in [7, 11) is 0. The van der Waals surface area contributed by atoms with Crippen LogP contribution in [0, 0.1) is 29.1 Å². The molecule has 1 unspecified atom stereocenters. The van der Waals surface area contributed by atoms with E-state index in [4.69, 9.17) is 10.5 Å². The average Bonchev–Trinajstić information content (AvgIpc) is 3.64. The van der Waals surface area contributed by atoms with Gasteiger partial charge in [0.25, 0.3) is 5.91 Å². The maximum absolute atomic E-state index is 15.4. The monoisotopic (exact) mass is 572 g/mol. The predicted octanol–water partition coefficient (Wildman–Crippen LogP) is 3.72. The number of nitrogens with two attached hydrogens (primary N) is 1. The second-order valence-corrected chi connectivity index (χ2v) is 9.45.